The molecule has 12 nitrogen and oxygen atoms in total. The predicted octanol–water partition coefficient (Wildman–Crippen LogP) is 6.66. The molecule has 4 aromatic carbocycles. The lowest BCUT2D eigenvalue weighted by Gasteiger charge is -2.28. The Morgan fingerprint density at radius 3 is 2.33 bits per heavy atom. The van der Waals surface area contributed by atoms with Gasteiger partial charge >= 0.3 is 0 Å². The summed E-state index contributed by atoms with van der Waals surface area (Å²) in [6.07, 6.45) is 0. The first-order valence-corrected chi connectivity index (χ1v) is 17.0. The molecule has 1 aliphatic rings. The number of aryl methyl sites for hydroxylation is 2. The van der Waals surface area contributed by atoms with E-state index in [-0.39, 0.29) is 17.9 Å². The van der Waals surface area contributed by atoms with Crippen molar-refractivity contribution in [2.24, 2.45) is 0 Å². The molecule has 5 aromatic rings. The first-order chi connectivity index (χ1) is 22.9. The maximum Gasteiger partial charge on any atom is 0.293 e. The number of anilines is 1. The first-order valence-electron chi connectivity index (χ1n) is 14.8. The topological polar surface area (TPSA) is 146 Å². The van der Waals surface area contributed by atoms with Crippen molar-refractivity contribution in [3.63, 3.8) is 0 Å². The molecule has 1 N–H and O–H groups in total. The molecule has 0 bridgehead atoms. The molecule has 0 saturated carbocycles. The van der Waals surface area contributed by atoms with Gasteiger partial charge in [-0.3, -0.25) is 19.6 Å². The number of carbonyl (C=O) groups is 1. The van der Waals surface area contributed by atoms with E-state index in [2.05, 4.69) is 9.82 Å². The minimum Gasteiger partial charge on any atom is -0.457 e. The van der Waals surface area contributed by atoms with E-state index in [1.165, 1.54) is 22.9 Å². The van der Waals surface area contributed by atoms with Gasteiger partial charge in [0.1, 0.15) is 22.9 Å². The molecule has 1 fully saturated rings. The van der Waals surface area contributed by atoms with Gasteiger partial charge in [0.15, 0.2) is 0 Å². The van der Waals surface area contributed by atoms with Gasteiger partial charge in [0.2, 0.25) is 0 Å². The lowest BCUT2D eigenvalue weighted by Crippen LogP contribution is -2.36. The third-order valence-corrected chi connectivity index (χ3v) is 10.0. The van der Waals surface area contributed by atoms with Crippen molar-refractivity contribution in [2.75, 3.05) is 31.2 Å². The zero-order chi connectivity index (χ0) is 34.2. The van der Waals surface area contributed by atoms with Crippen LogP contribution in [-0.4, -0.2) is 55.3 Å². The number of rotatable bonds is 9. The smallest absolute Gasteiger partial charge is 0.293 e. The van der Waals surface area contributed by atoms with Gasteiger partial charge in [-0.15, -0.1) is 0 Å². The first kappa shape index (κ1) is 33.2. The predicted molar refractivity (Wildman–Crippen MR) is 182 cm³/mol. The summed E-state index contributed by atoms with van der Waals surface area (Å²) < 4.78 is 41.7. The lowest BCUT2D eigenvalue weighted by molar-refractivity contribution is -0.384. The van der Waals surface area contributed by atoms with Gasteiger partial charge in [-0.25, -0.2) is 13.1 Å². The van der Waals surface area contributed by atoms with E-state index in [4.69, 9.17) is 32.7 Å². The van der Waals surface area contributed by atoms with Gasteiger partial charge < -0.3 is 14.4 Å². The number of nitro groups is 1. The number of aromatic nitrogens is 2. The third-order valence-electron chi connectivity index (χ3n) is 7.85. The summed E-state index contributed by atoms with van der Waals surface area (Å²) in [5, 5.41) is 17.8. The van der Waals surface area contributed by atoms with Crippen molar-refractivity contribution in [2.45, 2.75) is 25.3 Å². The zero-order valence-corrected chi connectivity index (χ0v) is 28.1. The molecule has 0 spiro atoms. The van der Waals surface area contributed by atoms with Crippen LogP contribution in [0.15, 0.2) is 77.7 Å². The standard InChI is InChI=1S/C33H29Cl2N5O7S/c1-20-15-25(16-21(2)31(20)35)47-24-6-3-22(4-7-24)19-39-32(27-17-23(34)5-9-28(27)36-39)33(41)37-48(44,45)26-8-10-29(30(18-26)40(42)43)38-11-13-46-14-12-38/h3-10,15-18H,11-14,19H2,1-2H3,(H,37,41). The van der Waals surface area contributed by atoms with E-state index in [1.54, 1.807) is 41.3 Å². The van der Waals surface area contributed by atoms with Crippen LogP contribution in [0.2, 0.25) is 10.0 Å². The van der Waals surface area contributed by atoms with Crippen molar-refractivity contribution in [3.05, 3.63) is 115 Å². The van der Waals surface area contributed by atoms with Gasteiger partial charge in [-0.05, 0) is 85.1 Å². The summed E-state index contributed by atoms with van der Waals surface area (Å²) in [5.74, 6) is 0.238. The van der Waals surface area contributed by atoms with Crippen LogP contribution in [0, 0.1) is 24.0 Å². The van der Waals surface area contributed by atoms with Gasteiger partial charge in [0, 0.05) is 34.6 Å². The normalized spacial score (nSPS) is 13.5. The fourth-order valence-electron chi connectivity index (χ4n) is 5.51. The molecule has 0 radical (unpaired) electrons. The molecule has 6 rings (SSSR count). The van der Waals surface area contributed by atoms with Crippen molar-refractivity contribution in [3.8, 4) is 11.5 Å². The molecule has 2 heterocycles. The minimum atomic E-state index is -4.55. The van der Waals surface area contributed by atoms with Crippen LogP contribution >= 0.6 is 23.2 Å². The van der Waals surface area contributed by atoms with Crippen molar-refractivity contribution in [1.82, 2.24) is 14.5 Å². The number of morpholine rings is 1. The summed E-state index contributed by atoms with van der Waals surface area (Å²) >= 11 is 12.5. The van der Waals surface area contributed by atoms with Crippen LogP contribution in [0.5, 0.6) is 11.5 Å². The second kappa shape index (κ2) is 13.4. The van der Waals surface area contributed by atoms with Crippen LogP contribution in [0.4, 0.5) is 11.4 Å². The van der Waals surface area contributed by atoms with Crippen molar-refractivity contribution >= 4 is 61.4 Å². The Labute approximate surface area is 286 Å². The van der Waals surface area contributed by atoms with Gasteiger partial charge in [-0.1, -0.05) is 35.3 Å². The van der Waals surface area contributed by atoms with E-state index >= 15 is 0 Å². The number of sulfonamides is 1. The second-order valence-electron chi connectivity index (χ2n) is 11.2. The van der Waals surface area contributed by atoms with E-state index in [9.17, 15) is 23.3 Å². The Kier molecular flexibility index (Phi) is 9.30. The number of nitrogens with one attached hydrogen (secondary N) is 1. The quantitative estimate of drug-likeness (QED) is 0.131. The van der Waals surface area contributed by atoms with Crippen LogP contribution in [0.3, 0.4) is 0 Å². The van der Waals surface area contributed by atoms with E-state index in [0.29, 0.717) is 58.8 Å². The fraction of sp³-hybridized carbons (Fsp3) is 0.212. The molecule has 48 heavy (non-hydrogen) atoms. The maximum absolute atomic E-state index is 13.7. The molecule has 0 aliphatic carbocycles. The Hall–Kier alpha value is -4.69. The largest absolute Gasteiger partial charge is 0.457 e. The van der Waals surface area contributed by atoms with E-state index in [1.807, 2.05) is 26.0 Å². The molecular weight excluding hydrogens is 681 g/mol. The van der Waals surface area contributed by atoms with E-state index < -0.39 is 31.4 Å². The molecule has 1 aromatic heterocycles. The monoisotopic (exact) mass is 709 g/mol. The van der Waals surface area contributed by atoms with Crippen LogP contribution < -0.4 is 14.4 Å². The Morgan fingerprint density at radius 1 is 0.979 bits per heavy atom. The lowest BCUT2D eigenvalue weighted by atomic mass is 10.1. The average Bonchev–Trinajstić information content (AvgIpc) is 3.41. The number of ether oxygens (including phenoxy) is 2. The van der Waals surface area contributed by atoms with Crippen molar-refractivity contribution in [1.29, 1.82) is 0 Å². The molecule has 1 saturated heterocycles. The number of nitrogens with zero attached hydrogens (tertiary/aromatic N) is 4. The Morgan fingerprint density at radius 2 is 1.67 bits per heavy atom. The molecule has 0 atom stereocenters. The zero-order valence-electron chi connectivity index (χ0n) is 25.8. The van der Waals surface area contributed by atoms with Gasteiger partial charge in [0.25, 0.3) is 21.6 Å². The number of benzene rings is 4. The number of nitro benzene ring substituents is 1. The Balaban J connectivity index is 1.27. The summed E-state index contributed by atoms with van der Waals surface area (Å²) in [7, 11) is -4.55. The molecular formula is C33H29Cl2N5O7S. The average molecular weight is 711 g/mol. The summed E-state index contributed by atoms with van der Waals surface area (Å²) in [6, 6.07) is 19.1. The number of amides is 1. The highest BCUT2D eigenvalue weighted by atomic mass is 35.5. The number of fused-ring (bicyclic) bond motifs is 1. The highest BCUT2D eigenvalue weighted by Crippen LogP contribution is 2.33. The summed E-state index contributed by atoms with van der Waals surface area (Å²) in [5.41, 5.74) is 2.76. The number of halogens is 2. The number of hydrogen-bond donors (Lipinski definition) is 1. The third kappa shape index (κ3) is 6.95. The number of carbonyl (C=O) groups excluding carboxylic acids is 1. The molecule has 1 amide bonds. The SMILES string of the molecule is Cc1cc(Oc2ccc(Cn3nc4ccc(Cl)cc4c3C(=O)NS(=O)(=O)c3ccc(N4CCOCC4)c([N+](=O)[O-])c3)cc2)cc(C)c1Cl. The van der Waals surface area contributed by atoms with Gasteiger partial charge in [-0.2, -0.15) is 5.10 Å². The van der Waals surface area contributed by atoms with Crippen LogP contribution in [0.1, 0.15) is 27.2 Å². The van der Waals surface area contributed by atoms with Crippen LogP contribution in [0.25, 0.3) is 10.9 Å². The highest BCUT2D eigenvalue weighted by molar-refractivity contribution is 7.90. The van der Waals surface area contributed by atoms with Gasteiger partial charge in [0.05, 0.1) is 35.1 Å². The molecule has 1 aliphatic heterocycles. The number of hydrogen-bond acceptors (Lipinski definition) is 9. The van der Waals surface area contributed by atoms with Crippen LogP contribution in [-0.2, 0) is 21.3 Å². The Bertz CT molecular complexity index is 2140. The van der Waals surface area contributed by atoms with Crippen molar-refractivity contribution < 1.29 is 27.6 Å². The minimum absolute atomic E-state index is 0.0528. The molecule has 0 unspecified atom stereocenters. The fourth-order valence-corrected chi connectivity index (χ4v) is 6.77. The molecule has 15 heteroatoms. The molecule has 248 valence electrons. The second-order valence-corrected chi connectivity index (χ2v) is 13.7. The summed E-state index contributed by atoms with van der Waals surface area (Å²) in [6.45, 7) is 5.52. The maximum atomic E-state index is 13.7. The summed E-state index contributed by atoms with van der Waals surface area (Å²) in [4.78, 5) is 26.3. The van der Waals surface area contributed by atoms with E-state index in [0.717, 1.165) is 22.8 Å². The highest BCUT2D eigenvalue weighted by Gasteiger charge is 2.29.